The number of nitrogens with zero attached hydrogens (tertiary/aromatic N) is 3. The van der Waals surface area contributed by atoms with E-state index in [4.69, 9.17) is 4.74 Å². The Morgan fingerprint density at radius 2 is 1.70 bits per heavy atom. The lowest BCUT2D eigenvalue weighted by Gasteiger charge is -2.22. The molecule has 0 fully saturated rings. The van der Waals surface area contributed by atoms with E-state index in [2.05, 4.69) is 0 Å². The number of amides is 1. The second kappa shape index (κ2) is 11.8. The number of nitro benzene ring substituents is 1. The van der Waals surface area contributed by atoms with Gasteiger partial charge in [0.1, 0.15) is 0 Å². The van der Waals surface area contributed by atoms with Gasteiger partial charge in [-0.05, 0) is 31.0 Å². The van der Waals surface area contributed by atoms with Crippen molar-refractivity contribution in [2.24, 2.45) is 0 Å². The van der Waals surface area contributed by atoms with E-state index >= 15 is 0 Å². The molecule has 2 aromatic carbocycles. The Bertz CT molecular complexity index is 1070. The molecule has 9 nitrogen and oxygen atoms in total. The normalized spacial score (nSPS) is 11.4. The summed E-state index contributed by atoms with van der Waals surface area (Å²) in [5.41, 5.74) is 1.59. The Morgan fingerprint density at radius 3 is 2.24 bits per heavy atom. The lowest BCUT2D eigenvalue weighted by Crippen LogP contribution is -2.35. The minimum atomic E-state index is -3.87. The van der Waals surface area contributed by atoms with Crippen molar-refractivity contribution in [2.75, 3.05) is 26.2 Å². The van der Waals surface area contributed by atoms with Crippen molar-refractivity contribution >= 4 is 21.6 Å². The van der Waals surface area contributed by atoms with Gasteiger partial charge in [0.05, 0.1) is 9.82 Å². The summed E-state index contributed by atoms with van der Waals surface area (Å²) in [6.45, 7) is 8.33. The SMILES string of the molecule is CCCN(Cc1ccc(C)cc1)C(=O)COc1ccc(S(=O)(=O)N(CC)CC)cc1[N+](=O)[O-]. The molecular formula is C23H31N3O6S. The van der Waals surface area contributed by atoms with E-state index in [9.17, 15) is 23.3 Å². The molecule has 0 spiro atoms. The number of benzene rings is 2. The Labute approximate surface area is 195 Å². The molecule has 180 valence electrons. The van der Waals surface area contributed by atoms with E-state index in [1.54, 1.807) is 18.7 Å². The van der Waals surface area contributed by atoms with Gasteiger partial charge < -0.3 is 9.64 Å². The number of carbonyl (C=O) groups is 1. The van der Waals surface area contributed by atoms with Crippen LogP contribution in [0.15, 0.2) is 47.4 Å². The van der Waals surface area contributed by atoms with Gasteiger partial charge in [0.25, 0.3) is 5.91 Å². The summed E-state index contributed by atoms with van der Waals surface area (Å²) in [6.07, 6.45) is 0.746. The number of hydrogen-bond acceptors (Lipinski definition) is 6. The van der Waals surface area contributed by atoms with Crippen molar-refractivity contribution in [2.45, 2.75) is 45.6 Å². The van der Waals surface area contributed by atoms with Gasteiger partial charge in [0.2, 0.25) is 10.0 Å². The molecule has 0 aliphatic heterocycles. The molecular weight excluding hydrogens is 446 g/mol. The number of aryl methyl sites for hydroxylation is 1. The topological polar surface area (TPSA) is 110 Å². The largest absolute Gasteiger partial charge is 0.477 e. The van der Waals surface area contributed by atoms with Gasteiger partial charge in [0, 0.05) is 32.2 Å². The number of rotatable bonds is 12. The highest BCUT2D eigenvalue weighted by Crippen LogP contribution is 2.31. The highest BCUT2D eigenvalue weighted by molar-refractivity contribution is 7.89. The van der Waals surface area contributed by atoms with E-state index < -0.39 is 27.2 Å². The summed E-state index contributed by atoms with van der Waals surface area (Å²) in [5.74, 6) is -0.467. The fourth-order valence-corrected chi connectivity index (χ4v) is 4.82. The van der Waals surface area contributed by atoms with Crippen molar-refractivity contribution in [3.05, 3.63) is 63.7 Å². The average molecular weight is 478 g/mol. The Morgan fingerprint density at radius 1 is 1.06 bits per heavy atom. The second-order valence-electron chi connectivity index (χ2n) is 7.57. The first-order chi connectivity index (χ1) is 15.6. The van der Waals surface area contributed by atoms with Crippen molar-refractivity contribution in [3.63, 3.8) is 0 Å². The predicted molar refractivity (Wildman–Crippen MR) is 126 cm³/mol. The fourth-order valence-electron chi connectivity index (χ4n) is 3.34. The van der Waals surface area contributed by atoms with Gasteiger partial charge in [-0.3, -0.25) is 14.9 Å². The molecule has 0 unspecified atom stereocenters. The lowest BCUT2D eigenvalue weighted by molar-refractivity contribution is -0.386. The average Bonchev–Trinajstić information content (AvgIpc) is 2.79. The first kappa shape index (κ1) is 26.3. The maximum absolute atomic E-state index is 12.8. The van der Waals surface area contributed by atoms with Gasteiger partial charge in [-0.1, -0.05) is 50.6 Å². The molecule has 0 bridgehead atoms. The van der Waals surface area contributed by atoms with Gasteiger partial charge in [-0.15, -0.1) is 0 Å². The van der Waals surface area contributed by atoms with Crippen LogP contribution < -0.4 is 4.74 Å². The lowest BCUT2D eigenvalue weighted by atomic mass is 10.1. The molecule has 10 heteroatoms. The smallest absolute Gasteiger partial charge is 0.312 e. The van der Waals surface area contributed by atoms with Crippen LogP contribution in [0.4, 0.5) is 5.69 Å². The maximum atomic E-state index is 12.8. The summed E-state index contributed by atoms with van der Waals surface area (Å²) in [4.78, 5) is 25.1. The third kappa shape index (κ3) is 6.75. The zero-order valence-corrected chi connectivity index (χ0v) is 20.3. The molecule has 0 aliphatic rings. The number of ether oxygens (including phenoxy) is 1. The number of nitro groups is 1. The van der Waals surface area contributed by atoms with Crippen LogP contribution in [-0.2, 0) is 21.4 Å². The summed E-state index contributed by atoms with van der Waals surface area (Å²) >= 11 is 0. The Hall–Kier alpha value is -2.98. The minimum absolute atomic E-state index is 0.154. The molecule has 2 rings (SSSR count). The molecule has 0 radical (unpaired) electrons. The quantitative estimate of drug-likeness (QED) is 0.340. The summed E-state index contributed by atoms with van der Waals surface area (Å²) in [7, 11) is -3.87. The minimum Gasteiger partial charge on any atom is -0.477 e. The molecule has 33 heavy (non-hydrogen) atoms. The first-order valence-electron chi connectivity index (χ1n) is 10.9. The van der Waals surface area contributed by atoms with E-state index in [1.165, 1.54) is 16.4 Å². The first-order valence-corrected chi connectivity index (χ1v) is 12.3. The van der Waals surface area contributed by atoms with Crippen LogP contribution in [0.2, 0.25) is 0 Å². The number of hydrogen-bond donors (Lipinski definition) is 0. The third-order valence-electron chi connectivity index (χ3n) is 5.16. The van der Waals surface area contributed by atoms with Crippen LogP contribution in [0.1, 0.15) is 38.3 Å². The van der Waals surface area contributed by atoms with Crippen LogP contribution in [0.5, 0.6) is 5.75 Å². The zero-order chi connectivity index (χ0) is 24.6. The number of sulfonamides is 1. The van der Waals surface area contributed by atoms with E-state index in [0.29, 0.717) is 13.1 Å². The molecule has 0 aromatic heterocycles. The highest BCUT2D eigenvalue weighted by atomic mass is 32.2. The van der Waals surface area contributed by atoms with Crippen molar-refractivity contribution in [3.8, 4) is 5.75 Å². The standard InChI is InChI=1S/C23H31N3O6S/c1-5-14-24(16-19-10-8-18(4)9-11-19)23(27)17-32-22-13-12-20(15-21(22)26(28)29)33(30,31)25(6-2)7-3/h8-13,15H,5-7,14,16-17H2,1-4H3. The van der Waals surface area contributed by atoms with E-state index in [-0.39, 0.29) is 29.6 Å². The van der Waals surface area contributed by atoms with Crippen molar-refractivity contribution < 1.29 is 22.9 Å². The molecule has 0 saturated carbocycles. The predicted octanol–water partition coefficient (Wildman–Crippen LogP) is 3.75. The van der Waals surface area contributed by atoms with Gasteiger partial charge >= 0.3 is 5.69 Å². The van der Waals surface area contributed by atoms with Gasteiger partial charge in [-0.2, -0.15) is 4.31 Å². The van der Waals surface area contributed by atoms with Crippen LogP contribution >= 0.6 is 0 Å². The molecule has 0 saturated heterocycles. The Balaban J connectivity index is 2.20. The maximum Gasteiger partial charge on any atom is 0.312 e. The second-order valence-corrected chi connectivity index (χ2v) is 9.50. The van der Waals surface area contributed by atoms with Crippen LogP contribution in [-0.4, -0.2) is 54.7 Å². The fraction of sp³-hybridized carbons (Fsp3) is 0.435. The van der Waals surface area contributed by atoms with Gasteiger partial charge in [0.15, 0.2) is 12.4 Å². The molecule has 0 N–H and O–H groups in total. The highest BCUT2D eigenvalue weighted by Gasteiger charge is 2.27. The summed E-state index contributed by atoms with van der Waals surface area (Å²) in [6, 6.07) is 11.3. The van der Waals surface area contributed by atoms with Crippen LogP contribution in [0.25, 0.3) is 0 Å². The molecule has 2 aromatic rings. The molecule has 1 amide bonds. The van der Waals surface area contributed by atoms with Crippen molar-refractivity contribution in [1.29, 1.82) is 0 Å². The summed E-state index contributed by atoms with van der Waals surface area (Å²) in [5, 5.41) is 11.6. The monoisotopic (exact) mass is 477 g/mol. The molecule has 0 atom stereocenters. The van der Waals surface area contributed by atoms with Crippen LogP contribution in [0.3, 0.4) is 0 Å². The van der Waals surface area contributed by atoms with Crippen molar-refractivity contribution in [1.82, 2.24) is 9.21 Å². The van der Waals surface area contributed by atoms with E-state index in [0.717, 1.165) is 23.6 Å². The molecule has 0 heterocycles. The van der Waals surface area contributed by atoms with Crippen LogP contribution in [0, 0.1) is 17.0 Å². The van der Waals surface area contributed by atoms with Gasteiger partial charge in [-0.25, -0.2) is 8.42 Å². The number of carbonyl (C=O) groups excluding carboxylic acids is 1. The summed E-state index contributed by atoms with van der Waals surface area (Å²) < 4.78 is 32.1. The molecule has 0 aliphatic carbocycles. The Kier molecular flexibility index (Phi) is 9.36. The zero-order valence-electron chi connectivity index (χ0n) is 19.5. The third-order valence-corrected chi connectivity index (χ3v) is 7.21. The van der Waals surface area contributed by atoms with E-state index in [1.807, 2.05) is 38.1 Å².